The number of methoxy groups -OCH3 is 1. The molecule has 6 nitrogen and oxygen atoms in total. The van der Waals surface area contributed by atoms with Gasteiger partial charge in [0.25, 0.3) is 0 Å². The molecule has 1 aliphatic heterocycles. The fourth-order valence-corrected chi connectivity index (χ4v) is 3.49. The molecule has 1 unspecified atom stereocenters. The van der Waals surface area contributed by atoms with Crippen molar-refractivity contribution in [3.05, 3.63) is 58.9 Å². The second-order valence-electron chi connectivity index (χ2n) is 6.49. The molecule has 27 heavy (non-hydrogen) atoms. The molecule has 3 aromatic rings. The third-order valence-electron chi connectivity index (χ3n) is 4.73. The van der Waals surface area contributed by atoms with Crippen LogP contribution in [0.3, 0.4) is 0 Å². The fraction of sp³-hybridized carbons (Fsp3) is 0.250. The molecule has 1 amide bonds. The molecule has 1 aromatic heterocycles. The van der Waals surface area contributed by atoms with Crippen LogP contribution in [0.15, 0.2) is 47.0 Å². The maximum absolute atomic E-state index is 12.6. The van der Waals surface area contributed by atoms with Crippen LogP contribution in [0.1, 0.15) is 23.8 Å². The molecular formula is C20H18ClN3O3. The molecule has 0 bridgehead atoms. The number of halogens is 1. The van der Waals surface area contributed by atoms with Gasteiger partial charge in [0.1, 0.15) is 5.75 Å². The Labute approximate surface area is 161 Å². The number of carbonyl (C=O) groups excluding carboxylic acids is 1. The molecular weight excluding hydrogens is 366 g/mol. The molecule has 7 heteroatoms. The number of benzene rings is 2. The molecule has 0 saturated carbocycles. The lowest BCUT2D eigenvalue weighted by atomic mass is 10.1. The van der Waals surface area contributed by atoms with E-state index in [1.807, 2.05) is 49.4 Å². The summed E-state index contributed by atoms with van der Waals surface area (Å²) in [6.45, 7) is 2.44. The summed E-state index contributed by atoms with van der Waals surface area (Å²) in [6.07, 6.45) is 0.319. The zero-order chi connectivity index (χ0) is 19.0. The van der Waals surface area contributed by atoms with Gasteiger partial charge in [-0.15, -0.1) is 0 Å². The first-order chi connectivity index (χ1) is 13.1. The number of hydrogen-bond acceptors (Lipinski definition) is 5. The minimum Gasteiger partial charge on any atom is -0.496 e. The quantitative estimate of drug-likeness (QED) is 0.674. The van der Waals surface area contributed by atoms with Gasteiger partial charge in [0.05, 0.1) is 18.6 Å². The average Bonchev–Trinajstić information content (AvgIpc) is 3.30. The Morgan fingerprint density at radius 3 is 2.89 bits per heavy atom. The van der Waals surface area contributed by atoms with Crippen molar-refractivity contribution >= 4 is 23.2 Å². The van der Waals surface area contributed by atoms with Crippen molar-refractivity contribution in [2.24, 2.45) is 0 Å². The summed E-state index contributed by atoms with van der Waals surface area (Å²) in [5, 5.41) is 4.68. The number of anilines is 1. The van der Waals surface area contributed by atoms with Gasteiger partial charge in [-0.25, -0.2) is 0 Å². The van der Waals surface area contributed by atoms with Gasteiger partial charge in [-0.05, 0) is 36.8 Å². The van der Waals surface area contributed by atoms with Crippen LogP contribution in [0, 0.1) is 6.92 Å². The standard InChI is InChI=1S/C20H18ClN3O3/c1-12-7-8-14(21)10-16(12)24-11-13(9-18(24)25)20-22-19(23-27-20)15-5-3-4-6-17(15)26-2/h3-8,10,13H,9,11H2,1-2H3. The fourth-order valence-electron chi connectivity index (χ4n) is 3.32. The number of carbonyl (C=O) groups is 1. The summed E-state index contributed by atoms with van der Waals surface area (Å²) in [4.78, 5) is 18.8. The first kappa shape index (κ1) is 17.5. The Kier molecular flexibility index (Phi) is 4.58. The van der Waals surface area contributed by atoms with Crippen molar-refractivity contribution in [1.29, 1.82) is 0 Å². The molecule has 0 N–H and O–H groups in total. The predicted octanol–water partition coefficient (Wildman–Crippen LogP) is 4.23. The van der Waals surface area contributed by atoms with E-state index in [0.29, 0.717) is 35.5 Å². The Hall–Kier alpha value is -2.86. The van der Waals surface area contributed by atoms with Crippen LogP contribution in [-0.4, -0.2) is 29.7 Å². The number of nitrogens with zero attached hydrogens (tertiary/aromatic N) is 3. The van der Waals surface area contributed by atoms with Gasteiger partial charge < -0.3 is 14.2 Å². The van der Waals surface area contributed by atoms with Crippen LogP contribution >= 0.6 is 11.6 Å². The summed E-state index contributed by atoms with van der Waals surface area (Å²) in [5.41, 5.74) is 2.56. The largest absolute Gasteiger partial charge is 0.496 e. The predicted molar refractivity (Wildman–Crippen MR) is 102 cm³/mol. The molecule has 1 atom stereocenters. The summed E-state index contributed by atoms with van der Waals surface area (Å²) in [7, 11) is 1.60. The van der Waals surface area contributed by atoms with Crippen molar-refractivity contribution in [3.8, 4) is 17.1 Å². The molecule has 1 aliphatic rings. The van der Waals surface area contributed by atoms with Gasteiger partial charge in [0.2, 0.25) is 17.6 Å². The van der Waals surface area contributed by atoms with Crippen LogP contribution in [0.2, 0.25) is 5.02 Å². The smallest absolute Gasteiger partial charge is 0.232 e. The number of hydrogen-bond donors (Lipinski definition) is 0. The number of rotatable bonds is 4. The topological polar surface area (TPSA) is 68.5 Å². The van der Waals surface area contributed by atoms with Crippen LogP contribution < -0.4 is 9.64 Å². The van der Waals surface area contributed by atoms with Crippen molar-refractivity contribution in [1.82, 2.24) is 10.1 Å². The molecule has 0 radical (unpaired) electrons. The van der Waals surface area contributed by atoms with Gasteiger partial charge in [0, 0.05) is 23.7 Å². The van der Waals surface area contributed by atoms with E-state index in [0.717, 1.165) is 16.8 Å². The van der Waals surface area contributed by atoms with Gasteiger partial charge in [-0.2, -0.15) is 4.98 Å². The monoisotopic (exact) mass is 383 g/mol. The van der Waals surface area contributed by atoms with E-state index >= 15 is 0 Å². The molecule has 2 aromatic carbocycles. The third kappa shape index (κ3) is 3.28. The van der Waals surface area contributed by atoms with Crippen LogP contribution in [0.4, 0.5) is 5.69 Å². The maximum Gasteiger partial charge on any atom is 0.232 e. The summed E-state index contributed by atoms with van der Waals surface area (Å²) < 4.78 is 10.8. The second kappa shape index (κ2) is 7.04. The molecule has 2 heterocycles. The van der Waals surface area contributed by atoms with E-state index < -0.39 is 0 Å². The summed E-state index contributed by atoms with van der Waals surface area (Å²) >= 11 is 6.11. The zero-order valence-corrected chi connectivity index (χ0v) is 15.7. The van der Waals surface area contributed by atoms with E-state index in [1.165, 1.54) is 0 Å². The van der Waals surface area contributed by atoms with E-state index in [-0.39, 0.29) is 11.8 Å². The van der Waals surface area contributed by atoms with Crippen molar-refractivity contribution in [2.75, 3.05) is 18.6 Å². The van der Waals surface area contributed by atoms with Crippen molar-refractivity contribution in [2.45, 2.75) is 19.3 Å². The number of aromatic nitrogens is 2. The number of para-hydroxylation sites is 1. The first-order valence-corrected chi connectivity index (χ1v) is 8.98. The zero-order valence-electron chi connectivity index (χ0n) is 15.0. The highest BCUT2D eigenvalue weighted by molar-refractivity contribution is 6.31. The minimum absolute atomic E-state index is 0.0161. The summed E-state index contributed by atoms with van der Waals surface area (Å²) in [6, 6.07) is 13.0. The normalized spacial score (nSPS) is 16.8. The van der Waals surface area contributed by atoms with E-state index in [4.69, 9.17) is 20.9 Å². The Balaban J connectivity index is 1.60. The van der Waals surface area contributed by atoms with Gasteiger partial charge in [-0.1, -0.05) is 35.0 Å². The van der Waals surface area contributed by atoms with Gasteiger partial charge in [-0.3, -0.25) is 4.79 Å². The number of amides is 1. The van der Waals surface area contributed by atoms with E-state index in [2.05, 4.69) is 10.1 Å². The Morgan fingerprint density at radius 2 is 2.07 bits per heavy atom. The van der Waals surface area contributed by atoms with Crippen molar-refractivity contribution in [3.63, 3.8) is 0 Å². The Bertz CT molecular complexity index is 1000. The highest BCUT2D eigenvalue weighted by atomic mass is 35.5. The first-order valence-electron chi connectivity index (χ1n) is 8.60. The van der Waals surface area contributed by atoms with Crippen LogP contribution in [0.5, 0.6) is 5.75 Å². The highest BCUT2D eigenvalue weighted by Gasteiger charge is 2.36. The Morgan fingerprint density at radius 1 is 1.26 bits per heavy atom. The van der Waals surface area contributed by atoms with E-state index in [1.54, 1.807) is 12.0 Å². The minimum atomic E-state index is -0.160. The maximum atomic E-state index is 12.6. The van der Waals surface area contributed by atoms with Crippen LogP contribution in [0.25, 0.3) is 11.4 Å². The molecule has 138 valence electrons. The second-order valence-corrected chi connectivity index (χ2v) is 6.93. The summed E-state index contributed by atoms with van der Waals surface area (Å²) in [5.74, 6) is 1.43. The number of ether oxygens (including phenoxy) is 1. The van der Waals surface area contributed by atoms with Crippen LogP contribution in [-0.2, 0) is 4.79 Å². The van der Waals surface area contributed by atoms with Gasteiger partial charge >= 0.3 is 0 Å². The SMILES string of the molecule is COc1ccccc1-c1noc(C2CC(=O)N(c3cc(Cl)ccc3C)C2)n1. The molecule has 1 saturated heterocycles. The lowest BCUT2D eigenvalue weighted by Crippen LogP contribution is -2.25. The average molecular weight is 384 g/mol. The molecule has 4 rings (SSSR count). The van der Waals surface area contributed by atoms with Gasteiger partial charge in [0.15, 0.2) is 0 Å². The molecule has 0 aliphatic carbocycles. The molecule has 0 spiro atoms. The molecule has 1 fully saturated rings. The van der Waals surface area contributed by atoms with E-state index in [9.17, 15) is 4.79 Å². The number of aryl methyl sites for hydroxylation is 1. The lowest BCUT2D eigenvalue weighted by Gasteiger charge is -2.18. The van der Waals surface area contributed by atoms with Crippen molar-refractivity contribution < 1.29 is 14.1 Å². The lowest BCUT2D eigenvalue weighted by molar-refractivity contribution is -0.117. The highest BCUT2D eigenvalue weighted by Crippen LogP contribution is 2.35. The third-order valence-corrected chi connectivity index (χ3v) is 4.96.